The van der Waals surface area contributed by atoms with Gasteiger partial charge in [-0.1, -0.05) is 66.7 Å². The summed E-state index contributed by atoms with van der Waals surface area (Å²) in [5.74, 6) is 5.24. The number of nitrogens with two attached hydrogens (primary N) is 2. The van der Waals surface area contributed by atoms with Crippen LogP contribution in [0.1, 0.15) is 16.7 Å². The molecule has 0 amide bonds. The van der Waals surface area contributed by atoms with Crippen LogP contribution in [0, 0.1) is 11.3 Å². The third-order valence-corrected chi connectivity index (χ3v) is 3.01. The zero-order chi connectivity index (χ0) is 15.1. The van der Waals surface area contributed by atoms with Crippen molar-refractivity contribution in [2.24, 2.45) is 11.6 Å². The molecule has 2 aromatic carbocycles. The fourth-order valence-electron chi connectivity index (χ4n) is 1.84. The highest BCUT2D eigenvalue weighted by Crippen LogP contribution is 2.14. The molecule has 0 atom stereocenters. The summed E-state index contributed by atoms with van der Waals surface area (Å²) < 4.78 is 0. The summed E-state index contributed by atoms with van der Waals surface area (Å²) in [6, 6.07) is 19.6. The minimum atomic E-state index is 0.155. The Morgan fingerprint density at radius 1 is 0.952 bits per heavy atom. The van der Waals surface area contributed by atoms with Gasteiger partial charge < -0.3 is 11.2 Å². The van der Waals surface area contributed by atoms with Crippen LogP contribution in [0.3, 0.4) is 0 Å². The van der Waals surface area contributed by atoms with Gasteiger partial charge in [0.1, 0.15) is 6.07 Å². The lowest BCUT2D eigenvalue weighted by Gasteiger charge is -2.05. The highest BCUT2D eigenvalue weighted by atomic mass is 15.2. The van der Waals surface area contributed by atoms with Crippen LogP contribution in [0.4, 0.5) is 0 Å². The molecule has 0 saturated carbocycles. The molecule has 0 spiro atoms. The molecule has 4 heteroatoms. The van der Waals surface area contributed by atoms with Crippen molar-refractivity contribution < 1.29 is 0 Å². The fraction of sp³-hybridized carbons (Fsp3) is 0. The molecule has 4 nitrogen and oxygen atoms in total. The molecule has 0 heterocycles. The second-order valence-electron chi connectivity index (χ2n) is 4.41. The van der Waals surface area contributed by atoms with Gasteiger partial charge in [-0.2, -0.15) is 5.26 Å². The topological polar surface area (TPSA) is 87.9 Å². The first-order valence-electron chi connectivity index (χ1n) is 6.44. The van der Waals surface area contributed by atoms with Crippen LogP contribution in [0.5, 0.6) is 0 Å². The van der Waals surface area contributed by atoms with Crippen molar-refractivity contribution in [3.63, 3.8) is 0 Å². The van der Waals surface area contributed by atoms with Gasteiger partial charge in [0, 0.05) is 5.56 Å². The molecule has 0 aliphatic carbocycles. The highest BCUT2D eigenvalue weighted by Gasteiger charge is 2.03. The van der Waals surface area contributed by atoms with E-state index in [1.54, 1.807) is 0 Å². The molecule has 0 fully saturated rings. The summed E-state index contributed by atoms with van der Waals surface area (Å²) in [5.41, 5.74) is 11.6. The van der Waals surface area contributed by atoms with Gasteiger partial charge in [-0.15, -0.1) is 0 Å². The fourth-order valence-corrected chi connectivity index (χ4v) is 1.84. The Morgan fingerprint density at radius 3 is 2.05 bits per heavy atom. The number of benzene rings is 2. The number of hydrogen-bond donors (Lipinski definition) is 3. The van der Waals surface area contributed by atoms with E-state index in [0.717, 1.165) is 16.7 Å². The van der Waals surface area contributed by atoms with E-state index in [0.29, 0.717) is 5.70 Å². The number of hydrazine groups is 1. The van der Waals surface area contributed by atoms with Gasteiger partial charge in [0.15, 0.2) is 5.70 Å². The minimum absolute atomic E-state index is 0.155. The van der Waals surface area contributed by atoms with Crippen molar-refractivity contribution in [2.75, 3.05) is 0 Å². The van der Waals surface area contributed by atoms with E-state index in [4.69, 9.17) is 16.8 Å². The maximum atomic E-state index is 8.88. The van der Waals surface area contributed by atoms with Crippen LogP contribution >= 0.6 is 0 Å². The van der Waals surface area contributed by atoms with Crippen molar-refractivity contribution in [1.29, 1.82) is 5.26 Å². The maximum Gasteiger partial charge on any atom is 0.151 e. The normalized spacial score (nSPS) is 11.8. The predicted molar refractivity (Wildman–Crippen MR) is 85.9 cm³/mol. The highest BCUT2D eigenvalue weighted by molar-refractivity contribution is 5.72. The van der Waals surface area contributed by atoms with Gasteiger partial charge >= 0.3 is 0 Å². The van der Waals surface area contributed by atoms with Crippen molar-refractivity contribution in [3.05, 3.63) is 77.0 Å². The molecule has 0 aromatic heterocycles. The second kappa shape index (κ2) is 6.94. The third-order valence-electron chi connectivity index (χ3n) is 3.01. The molecule has 0 aliphatic rings. The Morgan fingerprint density at radius 2 is 1.52 bits per heavy atom. The first-order chi connectivity index (χ1) is 10.2. The van der Waals surface area contributed by atoms with Gasteiger partial charge in [0.2, 0.25) is 0 Å². The number of nitriles is 1. The van der Waals surface area contributed by atoms with E-state index in [1.165, 1.54) is 0 Å². The van der Waals surface area contributed by atoms with Gasteiger partial charge in [-0.05, 0) is 11.1 Å². The quantitative estimate of drug-likeness (QED) is 0.346. The van der Waals surface area contributed by atoms with Crippen LogP contribution in [0.2, 0.25) is 0 Å². The van der Waals surface area contributed by atoms with E-state index in [2.05, 4.69) is 5.43 Å². The smallest absolute Gasteiger partial charge is 0.151 e. The number of rotatable bonds is 4. The molecule has 0 bridgehead atoms. The monoisotopic (exact) mass is 276 g/mol. The van der Waals surface area contributed by atoms with E-state index >= 15 is 0 Å². The summed E-state index contributed by atoms with van der Waals surface area (Å²) >= 11 is 0. The summed E-state index contributed by atoms with van der Waals surface area (Å²) in [6.07, 6.45) is 4.06. The molecular weight excluding hydrogens is 260 g/mol. The number of allylic oxidation sites excluding steroid dienone is 1. The zero-order valence-electron chi connectivity index (χ0n) is 11.5. The Kier molecular flexibility index (Phi) is 4.75. The summed E-state index contributed by atoms with van der Waals surface area (Å²) in [4.78, 5) is 0. The molecule has 0 unspecified atom stereocenters. The molecular formula is C17H16N4. The van der Waals surface area contributed by atoms with Crippen LogP contribution in [-0.2, 0) is 0 Å². The Balaban J connectivity index is 2.19. The number of hydrogen-bond acceptors (Lipinski definition) is 4. The van der Waals surface area contributed by atoms with E-state index in [9.17, 15) is 0 Å². The third kappa shape index (κ3) is 3.72. The molecule has 104 valence electrons. The van der Waals surface area contributed by atoms with Crippen LogP contribution in [0.25, 0.3) is 17.8 Å². The second-order valence-corrected chi connectivity index (χ2v) is 4.41. The molecule has 2 rings (SSSR count). The molecule has 5 N–H and O–H groups in total. The molecule has 0 radical (unpaired) electrons. The molecule has 0 saturated heterocycles. The summed E-state index contributed by atoms with van der Waals surface area (Å²) in [5, 5.41) is 8.88. The van der Waals surface area contributed by atoms with Crippen LogP contribution < -0.4 is 17.0 Å². The van der Waals surface area contributed by atoms with E-state index in [1.807, 2.05) is 72.8 Å². The SMILES string of the molecule is N#C/C(NN)=C(/N)c1ccc(/C=C/c2ccccc2)cc1. The Hall–Kier alpha value is -3.03. The average molecular weight is 276 g/mol. The zero-order valence-corrected chi connectivity index (χ0v) is 11.5. The number of nitrogens with one attached hydrogen (secondary N) is 1. The summed E-state index contributed by atoms with van der Waals surface area (Å²) in [7, 11) is 0. The van der Waals surface area contributed by atoms with Crippen molar-refractivity contribution in [1.82, 2.24) is 5.43 Å². The lowest BCUT2D eigenvalue weighted by atomic mass is 10.1. The first-order valence-corrected chi connectivity index (χ1v) is 6.44. The van der Waals surface area contributed by atoms with Gasteiger partial charge in [-0.3, -0.25) is 0 Å². The Labute approximate surface area is 124 Å². The average Bonchev–Trinajstić information content (AvgIpc) is 2.55. The first kappa shape index (κ1) is 14.4. The van der Waals surface area contributed by atoms with Crippen molar-refractivity contribution in [3.8, 4) is 6.07 Å². The molecule has 21 heavy (non-hydrogen) atoms. The van der Waals surface area contributed by atoms with E-state index < -0.39 is 0 Å². The van der Waals surface area contributed by atoms with Crippen molar-refractivity contribution >= 4 is 17.8 Å². The lowest BCUT2D eigenvalue weighted by molar-refractivity contribution is 0.920. The maximum absolute atomic E-state index is 8.88. The largest absolute Gasteiger partial charge is 0.396 e. The molecule has 2 aromatic rings. The van der Waals surface area contributed by atoms with Crippen LogP contribution in [0.15, 0.2) is 60.3 Å². The van der Waals surface area contributed by atoms with Gasteiger partial charge in [-0.25, -0.2) is 5.84 Å². The predicted octanol–water partition coefficient (Wildman–Crippen LogP) is 2.47. The summed E-state index contributed by atoms with van der Waals surface area (Å²) in [6.45, 7) is 0. The number of nitrogens with zero attached hydrogens (tertiary/aromatic N) is 1. The van der Waals surface area contributed by atoms with E-state index in [-0.39, 0.29) is 5.70 Å². The molecule has 0 aliphatic heterocycles. The van der Waals surface area contributed by atoms with Crippen molar-refractivity contribution in [2.45, 2.75) is 0 Å². The lowest BCUT2D eigenvalue weighted by Crippen LogP contribution is -2.23. The van der Waals surface area contributed by atoms with Gasteiger partial charge in [0.05, 0.1) is 5.70 Å². The minimum Gasteiger partial charge on any atom is -0.396 e. The van der Waals surface area contributed by atoms with Gasteiger partial charge in [0.25, 0.3) is 0 Å². The van der Waals surface area contributed by atoms with Crippen LogP contribution in [-0.4, -0.2) is 0 Å². The standard InChI is InChI=1S/C17H16N4/c18-12-16(21-20)17(19)15-10-8-14(9-11-15)7-6-13-4-2-1-3-5-13/h1-11,21H,19-20H2/b7-6+,17-16-. The Bertz CT molecular complexity index is 692.